The lowest BCUT2D eigenvalue weighted by atomic mass is 9.69. The number of aliphatic hydroxyl groups is 1. The highest BCUT2D eigenvalue weighted by molar-refractivity contribution is 6.31. The molecule has 15 heavy (non-hydrogen) atoms. The Balaban J connectivity index is 2.23. The van der Waals surface area contributed by atoms with Crippen molar-refractivity contribution in [1.82, 2.24) is 9.78 Å². The summed E-state index contributed by atoms with van der Waals surface area (Å²) >= 11 is 5.88. The molecular formula is C9H11ClN2O3. The topological polar surface area (TPSA) is 75.3 Å². The van der Waals surface area contributed by atoms with Gasteiger partial charge < -0.3 is 10.2 Å². The average Bonchev–Trinajstić information content (AvgIpc) is 2.41. The Hall–Kier alpha value is -1.07. The number of aliphatic carboxylic acids is 1. The molecule has 0 saturated heterocycles. The van der Waals surface area contributed by atoms with Crippen molar-refractivity contribution < 1.29 is 15.0 Å². The number of rotatable bonds is 2. The van der Waals surface area contributed by atoms with Crippen molar-refractivity contribution in [3.05, 3.63) is 16.9 Å². The summed E-state index contributed by atoms with van der Waals surface area (Å²) in [6.45, 7) is 0. The maximum atomic E-state index is 10.6. The first kappa shape index (κ1) is 10.4. The lowest BCUT2D eigenvalue weighted by Gasteiger charge is -2.41. The summed E-state index contributed by atoms with van der Waals surface area (Å²) in [5.41, 5.74) is -0.632. The smallest absolute Gasteiger partial charge is 0.306 e. The van der Waals surface area contributed by atoms with E-state index in [1.807, 2.05) is 0 Å². The van der Waals surface area contributed by atoms with Crippen LogP contribution >= 0.6 is 11.6 Å². The number of carbonyl (C=O) groups is 1. The Labute approximate surface area is 91.3 Å². The molecule has 2 rings (SSSR count). The van der Waals surface area contributed by atoms with Crippen molar-refractivity contribution in [2.75, 3.05) is 0 Å². The summed E-state index contributed by atoms with van der Waals surface area (Å²) in [6.07, 6.45) is 1.84. The molecule has 1 aromatic rings. The second kappa shape index (κ2) is 3.21. The number of carboxylic acid groups (broad SMARTS) is 1. The summed E-state index contributed by atoms with van der Waals surface area (Å²) in [7, 11) is 1.67. The zero-order valence-electron chi connectivity index (χ0n) is 8.14. The molecule has 0 atom stereocenters. The number of hydrogen-bond acceptors (Lipinski definition) is 3. The van der Waals surface area contributed by atoms with Crippen molar-refractivity contribution in [1.29, 1.82) is 0 Å². The van der Waals surface area contributed by atoms with Gasteiger partial charge in [-0.25, -0.2) is 0 Å². The molecule has 2 N–H and O–H groups in total. The highest BCUT2D eigenvalue weighted by Crippen LogP contribution is 2.47. The Morgan fingerprint density at radius 1 is 1.73 bits per heavy atom. The molecule has 1 aliphatic rings. The van der Waals surface area contributed by atoms with E-state index in [2.05, 4.69) is 5.10 Å². The van der Waals surface area contributed by atoms with Crippen LogP contribution in [0.25, 0.3) is 0 Å². The second-order valence-electron chi connectivity index (χ2n) is 3.94. The standard InChI is InChI=1S/C9H11ClN2O3/c1-12-7(6(10)4-11-12)9(15)2-5(3-9)8(13)14/h4-5,15H,2-3H2,1H3,(H,13,14). The fourth-order valence-corrected chi connectivity index (χ4v) is 2.40. The van der Waals surface area contributed by atoms with E-state index < -0.39 is 17.5 Å². The molecule has 1 aliphatic carbocycles. The molecule has 6 heteroatoms. The first-order valence-corrected chi connectivity index (χ1v) is 4.95. The number of aryl methyl sites for hydroxylation is 1. The molecule has 5 nitrogen and oxygen atoms in total. The SMILES string of the molecule is Cn1ncc(Cl)c1C1(O)CC(C(=O)O)C1. The van der Waals surface area contributed by atoms with Crippen LogP contribution in [0.2, 0.25) is 5.02 Å². The van der Waals surface area contributed by atoms with Crippen LogP contribution in [-0.2, 0) is 17.4 Å². The highest BCUT2D eigenvalue weighted by Gasteiger charge is 2.50. The van der Waals surface area contributed by atoms with Crippen LogP contribution in [0.4, 0.5) is 0 Å². The lowest BCUT2D eigenvalue weighted by molar-refractivity contribution is -0.160. The Bertz CT molecular complexity index is 390. The van der Waals surface area contributed by atoms with E-state index >= 15 is 0 Å². The maximum Gasteiger partial charge on any atom is 0.306 e. The fourth-order valence-electron chi connectivity index (χ4n) is 2.06. The van der Waals surface area contributed by atoms with Crippen LogP contribution in [0.15, 0.2) is 6.20 Å². The van der Waals surface area contributed by atoms with Crippen LogP contribution in [0.1, 0.15) is 18.5 Å². The largest absolute Gasteiger partial charge is 0.481 e. The third-order valence-electron chi connectivity index (χ3n) is 2.85. The third-order valence-corrected chi connectivity index (χ3v) is 3.13. The van der Waals surface area contributed by atoms with Gasteiger partial charge in [0, 0.05) is 7.05 Å². The number of nitrogens with zero attached hydrogens (tertiary/aromatic N) is 2. The summed E-state index contributed by atoms with van der Waals surface area (Å²) in [5.74, 6) is -1.36. The molecule has 0 aromatic carbocycles. The molecule has 0 unspecified atom stereocenters. The molecule has 1 aromatic heterocycles. The van der Waals surface area contributed by atoms with Gasteiger partial charge in [-0.1, -0.05) is 11.6 Å². The number of carboxylic acids is 1. The monoisotopic (exact) mass is 230 g/mol. The molecule has 0 amide bonds. The summed E-state index contributed by atoms with van der Waals surface area (Å²) in [6, 6.07) is 0. The van der Waals surface area contributed by atoms with E-state index in [9.17, 15) is 9.90 Å². The molecule has 0 bridgehead atoms. The van der Waals surface area contributed by atoms with E-state index in [1.165, 1.54) is 10.9 Å². The van der Waals surface area contributed by atoms with Crippen LogP contribution in [0, 0.1) is 5.92 Å². The zero-order chi connectivity index (χ0) is 11.2. The van der Waals surface area contributed by atoms with Crippen LogP contribution < -0.4 is 0 Å². The molecule has 1 saturated carbocycles. The van der Waals surface area contributed by atoms with Gasteiger partial charge in [-0.2, -0.15) is 5.10 Å². The molecular weight excluding hydrogens is 220 g/mol. The summed E-state index contributed by atoms with van der Waals surface area (Å²) in [4.78, 5) is 10.6. The minimum Gasteiger partial charge on any atom is -0.481 e. The molecule has 0 spiro atoms. The minimum atomic E-state index is -1.13. The average molecular weight is 231 g/mol. The van der Waals surface area contributed by atoms with Gasteiger partial charge in [0.1, 0.15) is 5.60 Å². The van der Waals surface area contributed by atoms with Crippen molar-refractivity contribution in [3.8, 4) is 0 Å². The number of aromatic nitrogens is 2. The van der Waals surface area contributed by atoms with E-state index in [4.69, 9.17) is 16.7 Å². The van der Waals surface area contributed by atoms with Gasteiger partial charge in [-0.15, -0.1) is 0 Å². The van der Waals surface area contributed by atoms with Gasteiger partial charge in [0.05, 0.1) is 22.8 Å². The van der Waals surface area contributed by atoms with E-state index in [0.717, 1.165) is 0 Å². The molecule has 0 aliphatic heterocycles. The Morgan fingerprint density at radius 3 is 2.73 bits per heavy atom. The molecule has 82 valence electrons. The van der Waals surface area contributed by atoms with Crippen LogP contribution in [-0.4, -0.2) is 26.0 Å². The predicted octanol–water partition coefficient (Wildman–Crippen LogP) is 0.756. The number of halogens is 1. The van der Waals surface area contributed by atoms with E-state index in [-0.39, 0.29) is 12.8 Å². The third kappa shape index (κ3) is 1.52. The first-order chi connectivity index (χ1) is 6.94. The van der Waals surface area contributed by atoms with Gasteiger partial charge >= 0.3 is 5.97 Å². The summed E-state index contributed by atoms with van der Waals surface area (Å²) in [5, 5.41) is 23.2. The number of hydrogen-bond donors (Lipinski definition) is 2. The minimum absolute atomic E-state index is 0.196. The van der Waals surface area contributed by atoms with Gasteiger partial charge in [0.15, 0.2) is 0 Å². The van der Waals surface area contributed by atoms with E-state index in [1.54, 1.807) is 7.05 Å². The maximum absolute atomic E-state index is 10.6. The van der Waals surface area contributed by atoms with E-state index in [0.29, 0.717) is 10.7 Å². The van der Waals surface area contributed by atoms with Crippen LogP contribution in [0.3, 0.4) is 0 Å². The molecule has 1 fully saturated rings. The summed E-state index contributed by atoms with van der Waals surface area (Å²) < 4.78 is 1.49. The second-order valence-corrected chi connectivity index (χ2v) is 4.35. The highest BCUT2D eigenvalue weighted by atomic mass is 35.5. The zero-order valence-corrected chi connectivity index (χ0v) is 8.90. The van der Waals surface area contributed by atoms with Gasteiger partial charge in [-0.05, 0) is 12.8 Å². The molecule has 0 radical (unpaired) electrons. The van der Waals surface area contributed by atoms with Crippen molar-refractivity contribution >= 4 is 17.6 Å². The van der Waals surface area contributed by atoms with Gasteiger partial charge in [-0.3, -0.25) is 9.48 Å². The fraction of sp³-hybridized carbons (Fsp3) is 0.556. The quantitative estimate of drug-likeness (QED) is 0.787. The van der Waals surface area contributed by atoms with Crippen molar-refractivity contribution in [2.45, 2.75) is 18.4 Å². The molecule has 1 heterocycles. The Morgan fingerprint density at radius 2 is 2.33 bits per heavy atom. The van der Waals surface area contributed by atoms with Crippen LogP contribution in [0.5, 0.6) is 0 Å². The van der Waals surface area contributed by atoms with Gasteiger partial charge in [0.2, 0.25) is 0 Å². The van der Waals surface area contributed by atoms with Crippen molar-refractivity contribution in [2.24, 2.45) is 13.0 Å². The van der Waals surface area contributed by atoms with Gasteiger partial charge in [0.25, 0.3) is 0 Å². The Kier molecular flexibility index (Phi) is 2.24. The normalized spacial score (nSPS) is 29.9. The van der Waals surface area contributed by atoms with Crippen molar-refractivity contribution in [3.63, 3.8) is 0 Å². The predicted molar refractivity (Wildman–Crippen MR) is 52.5 cm³/mol. The first-order valence-electron chi connectivity index (χ1n) is 4.57. The lowest BCUT2D eigenvalue weighted by Crippen LogP contribution is -2.45.